The Morgan fingerprint density at radius 2 is 1.62 bits per heavy atom. The number of halogens is 2. The molecular formula is C18H10BrClO. The Bertz CT molecular complexity index is 954. The van der Waals surface area contributed by atoms with E-state index in [9.17, 15) is 0 Å². The van der Waals surface area contributed by atoms with Crippen LogP contribution < -0.4 is 0 Å². The van der Waals surface area contributed by atoms with Crippen LogP contribution in [-0.4, -0.2) is 0 Å². The molecular weight excluding hydrogens is 348 g/mol. The van der Waals surface area contributed by atoms with Gasteiger partial charge in [0.2, 0.25) is 0 Å². The second-order valence-electron chi connectivity index (χ2n) is 4.90. The van der Waals surface area contributed by atoms with Gasteiger partial charge in [-0.2, -0.15) is 0 Å². The Hall–Kier alpha value is -1.77. The standard InChI is InChI=1S/C18H10BrClO/c19-15-10-9-13(11-5-7-12(20)8-6-11)18-17(15)14-3-1-2-4-16(14)21-18/h1-10H. The van der Waals surface area contributed by atoms with E-state index in [0.29, 0.717) is 0 Å². The summed E-state index contributed by atoms with van der Waals surface area (Å²) in [6.45, 7) is 0. The highest BCUT2D eigenvalue weighted by atomic mass is 79.9. The monoisotopic (exact) mass is 356 g/mol. The fourth-order valence-corrected chi connectivity index (χ4v) is 3.30. The molecule has 1 nitrogen and oxygen atoms in total. The summed E-state index contributed by atoms with van der Waals surface area (Å²) in [7, 11) is 0. The Morgan fingerprint density at radius 3 is 2.43 bits per heavy atom. The fraction of sp³-hybridized carbons (Fsp3) is 0. The van der Waals surface area contributed by atoms with Crippen molar-refractivity contribution in [2.45, 2.75) is 0 Å². The molecule has 0 atom stereocenters. The normalized spacial score (nSPS) is 11.3. The number of fused-ring (bicyclic) bond motifs is 3. The Morgan fingerprint density at radius 1 is 0.857 bits per heavy atom. The van der Waals surface area contributed by atoms with Crippen molar-refractivity contribution in [1.29, 1.82) is 0 Å². The summed E-state index contributed by atoms with van der Waals surface area (Å²) >= 11 is 9.61. The molecule has 0 bridgehead atoms. The summed E-state index contributed by atoms with van der Waals surface area (Å²) in [5, 5.41) is 2.96. The van der Waals surface area contributed by atoms with Gasteiger partial charge in [0.05, 0.1) is 0 Å². The average molecular weight is 358 g/mol. The molecule has 102 valence electrons. The number of hydrogen-bond donors (Lipinski definition) is 0. The topological polar surface area (TPSA) is 13.1 Å². The van der Waals surface area contributed by atoms with Crippen LogP contribution in [0, 0.1) is 0 Å². The minimum Gasteiger partial charge on any atom is -0.455 e. The first kappa shape index (κ1) is 12.9. The van der Waals surface area contributed by atoms with Crippen molar-refractivity contribution in [3.63, 3.8) is 0 Å². The van der Waals surface area contributed by atoms with Gasteiger partial charge in [-0.15, -0.1) is 0 Å². The molecule has 3 heteroatoms. The van der Waals surface area contributed by atoms with Crippen LogP contribution in [0.25, 0.3) is 33.1 Å². The van der Waals surface area contributed by atoms with E-state index in [1.807, 2.05) is 42.5 Å². The lowest BCUT2D eigenvalue weighted by molar-refractivity contribution is 0.670. The molecule has 0 radical (unpaired) electrons. The minimum absolute atomic E-state index is 0.733. The number of para-hydroxylation sites is 1. The molecule has 0 amide bonds. The molecule has 0 aliphatic rings. The molecule has 4 rings (SSSR count). The molecule has 21 heavy (non-hydrogen) atoms. The number of furan rings is 1. The highest BCUT2D eigenvalue weighted by molar-refractivity contribution is 9.10. The largest absolute Gasteiger partial charge is 0.455 e. The van der Waals surface area contributed by atoms with Gasteiger partial charge in [0.15, 0.2) is 0 Å². The zero-order chi connectivity index (χ0) is 14.4. The second kappa shape index (κ2) is 4.90. The van der Waals surface area contributed by atoms with Gasteiger partial charge in [-0.3, -0.25) is 0 Å². The first-order valence-corrected chi connectivity index (χ1v) is 7.77. The van der Waals surface area contributed by atoms with Gasteiger partial charge < -0.3 is 4.42 Å². The summed E-state index contributed by atoms with van der Waals surface area (Å²) in [5.74, 6) is 0. The first-order chi connectivity index (χ1) is 10.2. The van der Waals surface area contributed by atoms with Gasteiger partial charge in [-0.1, -0.05) is 57.9 Å². The zero-order valence-corrected chi connectivity index (χ0v) is 13.3. The van der Waals surface area contributed by atoms with Crippen LogP contribution in [0.15, 0.2) is 69.6 Å². The molecule has 0 aliphatic heterocycles. The number of benzene rings is 3. The van der Waals surface area contributed by atoms with Crippen molar-refractivity contribution in [2.24, 2.45) is 0 Å². The quantitative estimate of drug-likeness (QED) is 0.371. The van der Waals surface area contributed by atoms with Crippen LogP contribution in [0.4, 0.5) is 0 Å². The molecule has 1 heterocycles. The van der Waals surface area contributed by atoms with Gasteiger partial charge in [-0.25, -0.2) is 0 Å². The molecule has 0 unspecified atom stereocenters. The van der Waals surface area contributed by atoms with Crippen LogP contribution in [0.3, 0.4) is 0 Å². The summed E-state index contributed by atoms with van der Waals surface area (Å²) < 4.78 is 7.13. The van der Waals surface area contributed by atoms with Crippen molar-refractivity contribution in [1.82, 2.24) is 0 Å². The predicted molar refractivity (Wildman–Crippen MR) is 91.9 cm³/mol. The van der Waals surface area contributed by atoms with E-state index in [-0.39, 0.29) is 0 Å². The summed E-state index contributed by atoms with van der Waals surface area (Å²) in [6, 6.07) is 20.0. The van der Waals surface area contributed by atoms with E-state index in [4.69, 9.17) is 16.0 Å². The van der Waals surface area contributed by atoms with Crippen molar-refractivity contribution in [3.05, 3.63) is 70.2 Å². The van der Waals surface area contributed by atoms with Gasteiger partial charge in [0, 0.05) is 25.8 Å². The van der Waals surface area contributed by atoms with Crippen molar-refractivity contribution >= 4 is 49.5 Å². The third kappa shape index (κ3) is 2.06. The number of hydrogen-bond acceptors (Lipinski definition) is 1. The van der Waals surface area contributed by atoms with E-state index in [1.165, 1.54) is 0 Å². The van der Waals surface area contributed by atoms with Gasteiger partial charge in [-0.05, 0) is 35.9 Å². The second-order valence-corrected chi connectivity index (χ2v) is 6.19. The summed E-state index contributed by atoms with van der Waals surface area (Å²) in [5.41, 5.74) is 3.96. The molecule has 0 N–H and O–H groups in total. The van der Waals surface area contributed by atoms with Crippen molar-refractivity contribution in [2.75, 3.05) is 0 Å². The number of rotatable bonds is 1. The molecule has 0 aliphatic carbocycles. The van der Waals surface area contributed by atoms with Gasteiger partial charge in [0.1, 0.15) is 11.2 Å². The molecule has 0 saturated carbocycles. The smallest absolute Gasteiger partial charge is 0.144 e. The highest BCUT2D eigenvalue weighted by Crippen LogP contribution is 2.39. The van der Waals surface area contributed by atoms with Crippen LogP contribution in [0.2, 0.25) is 5.02 Å². The van der Waals surface area contributed by atoms with E-state index >= 15 is 0 Å². The third-order valence-corrected chi connectivity index (χ3v) is 4.54. The van der Waals surface area contributed by atoms with Crippen LogP contribution in [0.5, 0.6) is 0 Å². The molecule has 4 aromatic rings. The lowest BCUT2D eigenvalue weighted by Crippen LogP contribution is -1.79. The molecule has 3 aromatic carbocycles. The molecule has 0 fully saturated rings. The van der Waals surface area contributed by atoms with E-state index in [2.05, 4.69) is 34.1 Å². The molecule has 1 aromatic heterocycles. The lowest BCUT2D eigenvalue weighted by Gasteiger charge is -2.04. The zero-order valence-electron chi connectivity index (χ0n) is 10.9. The van der Waals surface area contributed by atoms with Gasteiger partial charge in [0.25, 0.3) is 0 Å². The maximum Gasteiger partial charge on any atom is 0.144 e. The third-order valence-electron chi connectivity index (χ3n) is 3.63. The van der Waals surface area contributed by atoms with Crippen LogP contribution in [-0.2, 0) is 0 Å². The van der Waals surface area contributed by atoms with E-state index in [1.54, 1.807) is 0 Å². The van der Waals surface area contributed by atoms with E-state index in [0.717, 1.165) is 42.6 Å². The Labute approximate surface area is 135 Å². The van der Waals surface area contributed by atoms with Crippen LogP contribution in [0.1, 0.15) is 0 Å². The van der Waals surface area contributed by atoms with Crippen molar-refractivity contribution < 1.29 is 4.42 Å². The summed E-state index contributed by atoms with van der Waals surface area (Å²) in [4.78, 5) is 0. The highest BCUT2D eigenvalue weighted by Gasteiger charge is 2.14. The lowest BCUT2D eigenvalue weighted by atomic mass is 10.0. The Kier molecular flexibility index (Phi) is 3.02. The predicted octanol–water partition coefficient (Wildman–Crippen LogP) is 6.67. The van der Waals surface area contributed by atoms with E-state index < -0.39 is 0 Å². The fourth-order valence-electron chi connectivity index (χ4n) is 2.64. The minimum atomic E-state index is 0.733. The van der Waals surface area contributed by atoms with Gasteiger partial charge >= 0.3 is 0 Å². The first-order valence-electron chi connectivity index (χ1n) is 6.60. The molecule has 0 saturated heterocycles. The SMILES string of the molecule is Clc1ccc(-c2ccc(Br)c3c2oc2ccccc23)cc1. The molecule has 0 spiro atoms. The maximum atomic E-state index is 6.09. The van der Waals surface area contributed by atoms with Crippen LogP contribution >= 0.6 is 27.5 Å². The average Bonchev–Trinajstić information content (AvgIpc) is 2.89. The maximum absolute atomic E-state index is 6.09. The Balaban J connectivity index is 2.11. The summed E-state index contributed by atoms with van der Waals surface area (Å²) in [6.07, 6.45) is 0. The van der Waals surface area contributed by atoms with Crippen molar-refractivity contribution in [3.8, 4) is 11.1 Å².